The summed E-state index contributed by atoms with van der Waals surface area (Å²) in [5.41, 5.74) is 3.22. The van der Waals surface area contributed by atoms with Crippen molar-refractivity contribution in [3.8, 4) is 0 Å². The van der Waals surface area contributed by atoms with Gasteiger partial charge in [0.05, 0.1) is 35.9 Å². The monoisotopic (exact) mass is 309 g/mol. The van der Waals surface area contributed by atoms with Gasteiger partial charge in [-0.25, -0.2) is 0 Å². The van der Waals surface area contributed by atoms with Crippen molar-refractivity contribution in [3.05, 3.63) is 65.7 Å². The molecule has 3 rings (SSSR count). The van der Waals surface area contributed by atoms with Gasteiger partial charge >= 0.3 is 0 Å². The van der Waals surface area contributed by atoms with Crippen LogP contribution in [-0.2, 0) is 6.54 Å². The fourth-order valence-corrected chi connectivity index (χ4v) is 2.40. The first-order chi connectivity index (χ1) is 11.1. The summed E-state index contributed by atoms with van der Waals surface area (Å²) in [6.07, 6.45) is 5.02. The van der Waals surface area contributed by atoms with Crippen LogP contribution in [0.1, 0.15) is 41.4 Å². The molecule has 1 amide bonds. The first-order valence-corrected chi connectivity index (χ1v) is 7.54. The van der Waals surface area contributed by atoms with Gasteiger partial charge in [0, 0.05) is 6.20 Å². The molecule has 0 saturated carbocycles. The highest BCUT2D eigenvalue weighted by atomic mass is 16.1. The second-order valence-corrected chi connectivity index (χ2v) is 5.72. The molecular weight excluding hydrogens is 290 g/mol. The third-order valence-corrected chi connectivity index (χ3v) is 3.57. The predicted molar refractivity (Wildman–Crippen MR) is 88.4 cm³/mol. The van der Waals surface area contributed by atoms with E-state index >= 15 is 0 Å². The molecule has 0 aliphatic heterocycles. The Morgan fingerprint density at radius 3 is 2.78 bits per heavy atom. The van der Waals surface area contributed by atoms with E-state index in [0.717, 1.165) is 11.3 Å². The van der Waals surface area contributed by atoms with Crippen LogP contribution < -0.4 is 5.32 Å². The number of carbonyl (C=O) groups excluding carboxylic acids is 1. The lowest BCUT2D eigenvalue weighted by Gasteiger charge is -2.06. The highest BCUT2D eigenvalue weighted by molar-refractivity contribution is 6.04. The zero-order valence-electron chi connectivity index (χ0n) is 13.2. The number of nitrogens with zero attached hydrogens (tertiary/aromatic N) is 3. The van der Waals surface area contributed by atoms with Crippen LogP contribution in [0.3, 0.4) is 0 Å². The molecule has 0 bridgehead atoms. The quantitative estimate of drug-likeness (QED) is 0.760. The predicted octanol–water partition coefficient (Wildman–Crippen LogP) is 3.03. The number of aromatic amines is 1. The lowest BCUT2D eigenvalue weighted by atomic mass is 10.1. The minimum atomic E-state index is -0.179. The Labute approximate surface area is 134 Å². The Morgan fingerprint density at radius 1 is 1.26 bits per heavy atom. The Bertz CT molecular complexity index is 788. The zero-order chi connectivity index (χ0) is 16.2. The lowest BCUT2D eigenvalue weighted by Crippen LogP contribution is -2.13. The van der Waals surface area contributed by atoms with Gasteiger partial charge < -0.3 is 5.32 Å². The molecule has 6 nitrogen and oxygen atoms in total. The van der Waals surface area contributed by atoms with E-state index in [0.29, 0.717) is 17.8 Å². The van der Waals surface area contributed by atoms with Crippen molar-refractivity contribution in [2.24, 2.45) is 0 Å². The van der Waals surface area contributed by atoms with Crippen molar-refractivity contribution in [2.75, 3.05) is 5.32 Å². The molecule has 6 heteroatoms. The maximum absolute atomic E-state index is 12.4. The van der Waals surface area contributed by atoms with Crippen LogP contribution in [0.4, 0.5) is 5.69 Å². The maximum atomic E-state index is 12.4. The fourth-order valence-electron chi connectivity index (χ4n) is 2.40. The van der Waals surface area contributed by atoms with Gasteiger partial charge in [-0.3, -0.25) is 14.6 Å². The molecule has 0 aliphatic carbocycles. The molecule has 23 heavy (non-hydrogen) atoms. The third kappa shape index (κ3) is 3.48. The smallest absolute Gasteiger partial charge is 0.259 e. The number of hydrogen-bond acceptors (Lipinski definition) is 3. The Balaban J connectivity index is 1.69. The topological polar surface area (TPSA) is 75.6 Å². The molecule has 0 spiro atoms. The van der Waals surface area contributed by atoms with Crippen LogP contribution in [0.25, 0.3) is 0 Å². The molecule has 0 unspecified atom stereocenters. The molecule has 3 aromatic rings. The fraction of sp³-hybridized carbons (Fsp3) is 0.235. The van der Waals surface area contributed by atoms with E-state index in [1.54, 1.807) is 17.1 Å². The molecule has 2 N–H and O–H groups in total. The molecule has 0 saturated heterocycles. The minimum Gasteiger partial charge on any atom is -0.319 e. The number of amides is 1. The van der Waals surface area contributed by atoms with Gasteiger partial charge in [-0.2, -0.15) is 10.2 Å². The van der Waals surface area contributed by atoms with E-state index < -0.39 is 0 Å². The summed E-state index contributed by atoms with van der Waals surface area (Å²) in [5.74, 6) is 0.0285. The van der Waals surface area contributed by atoms with Crippen molar-refractivity contribution < 1.29 is 4.79 Å². The van der Waals surface area contributed by atoms with Crippen molar-refractivity contribution in [3.63, 3.8) is 0 Å². The lowest BCUT2D eigenvalue weighted by molar-refractivity contribution is 0.102. The third-order valence-electron chi connectivity index (χ3n) is 3.57. The number of hydrogen-bond donors (Lipinski definition) is 2. The van der Waals surface area contributed by atoms with E-state index in [2.05, 4.69) is 20.6 Å². The SMILES string of the molecule is CC(C)c1[nH]ncc1C(=O)Nc1cnn(Cc2ccccc2)c1. The molecular formula is C17H19N5O. The van der Waals surface area contributed by atoms with Gasteiger partial charge in [0.1, 0.15) is 0 Å². The molecule has 0 atom stereocenters. The van der Waals surface area contributed by atoms with E-state index in [1.807, 2.05) is 50.4 Å². The van der Waals surface area contributed by atoms with E-state index in [-0.39, 0.29) is 11.8 Å². The second-order valence-electron chi connectivity index (χ2n) is 5.72. The largest absolute Gasteiger partial charge is 0.319 e. The minimum absolute atomic E-state index is 0.179. The van der Waals surface area contributed by atoms with Gasteiger partial charge in [0.25, 0.3) is 5.91 Å². The highest BCUT2D eigenvalue weighted by Crippen LogP contribution is 2.17. The molecule has 118 valence electrons. The maximum Gasteiger partial charge on any atom is 0.259 e. The number of anilines is 1. The molecule has 2 aromatic heterocycles. The van der Waals surface area contributed by atoms with Gasteiger partial charge in [-0.05, 0) is 11.5 Å². The number of carbonyl (C=O) groups is 1. The number of rotatable bonds is 5. The number of H-pyrrole nitrogens is 1. The molecule has 0 fully saturated rings. The van der Waals surface area contributed by atoms with Crippen LogP contribution in [-0.4, -0.2) is 25.9 Å². The first-order valence-electron chi connectivity index (χ1n) is 7.54. The van der Waals surface area contributed by atoms with Gasteiger partial charge in [-0.1, -0.05) is 44.2 Å². The van der Waals surface area contributed by atoms with Crippen LogP contribution in [0.2, 0.25) is 0 Å². The Morgan fingerprint density at radius 2 is 2.04 bits per heavy atom. The normalized spacial score (nSPS) is 10.9. The van der Waals surface area contributed by atoms with Crippen LogP contribution in [0.5, 0.6) is 0 Å². The average molecular weight is 309 g/mol. The summed E-state index contributed by atoms with van der Waals surface area (Å²) in [5, 5.41) is 14.0. The summed E-state index contributed by atoms with van der Waals surface area (Å²) in [4.78, 5) is 12.4. The second kappa shape index (κ2) is 6.48. The number of aromatic nitrogens is 4. The van der Waals surface area contributed by atoms with Gasteiger partial charge in [0.15, 0.2) is 0 Å². The Hall–Kier alpha value is -2.89. The molecule has 0 aliphatic rings. The van der Waals surface area contributed by atoms with Crippen LogP contribution in [0.15, 0.2) is 48.9 Å². The van der Waals surface area contributed by atoms with Crippen molar-refractivity contribution in [1.82, 2.24) is 20.0 Å². The zero-order valence-corrected chi connectivity index (χ0v) is 13.2. The van der Waals surface area contributed by atoms with Crippen molar-refractivity contribution in [2.45, 2.75) is 26.3 Å². The van der Waals surface area contributed by atoms with E-state index in [1.165, 1.54) is 0 Å². The van der Waals surface area contributed by atoms with Crippen molar-refractivity contribution in [1.29, 1.82) is 0 Å². The summed E-state index contributed by atoms with van der Waals surface area (Å²) in [6, 6.07) is 10.1. The standard InChI is InChI=1S/C17H19N5O/c1-12(2)16-15(9-18-21-16)17(23)20-14-8-19-22(11-14)10-13-6-4-3-5-7-13/h3-9,11-12H,10H2,1-2H3,(H,18,21)(H,20,23). The number of nitrogens with one attached hydrogen (secondary N) is 2. The van der Waals surface area contributed by atoms with E-state index in [4.69, 9.17) is 0 Å². The molecule has 2 heterocycles. The van der Waals surface area contributed by atoms with Gasteiger partial charge in [0.2, 0.25) is 0 Å². The first kappa shape index (κ1) is 15.0. The molecule has 1 aromatic carbocycles. The summed E-state index contributed by atoms with van der Waals surface area (Å²) in [7, 11) is 0. The summed E-state index contributed by atoms with van der Waals surface area (Å²) < 4.78 is 1.80. The highest BCUT2D eigenvalue weighted by Gasteiger charge is 2.16. The Kier molecular flexibility index (Phi) is 4.23. The summed E-state index contributed by atoms with van der Waals surface area (Å²) >= 11 is 0. The van der Waals surface area contributed by atoms with E-state index in [9.17, 15) is 4.79 Å². The number of benzene rings is 1. The van der Waals surface area contributed by atoms with Crippen molar-refractivity contribution >= 4 is 11.6 Å². The summed E-state index contributed by atoms with van der Waals surface area (Å²) in [6.45, 7) is 4.70. The molecule has 0 radical (unpaired) electrons. The van der Waals surface area contributed by atoms with Crippen LogP contribution in [0, 0.1) is 0 Å². The van der Waals surface area contributed by atoms with Crippen LogP contribution >= 0.6 is 0 Å². The average Bonchev–Trinajstić information content (AvgIpc) is 3.17. The van der Waals surface area contributed by atoms with Gasteiger partial charge in [-0.15, -0.1) is 0 Å².